The number of anilines is 1. The fourth-order valence-electron chi connectivity index (χ4n) is 2.30. The molecule has 0 bridgehead atoms. The van der Waals surface area contributed by atoms with Gasteiger partial charge in [-0.3, -0.25) is 19.3 Å². The van der Waals surface area contributed by atoms with Gasteiger partial charge in [0.1, 0.15) is 6.54 Å². The van der Waals surface area contributed by atoms with E-state index >= 15 is 0 Å². The van der Waals surface area contributed by atoms with Gasteiger partial charge in [-0.2, -0.15) is 0 Å². The lowest BCUT2D eigenvalue weighted by Gasteiger charge is -2.12. The third-order valence-corrected chi connectivity index (χ3v) is 5.04. The molecule has 138 valence electrons. The van der Waals surface area contributed by atoms with Crippen molar-refractivity contribution in [1.29, 1.82) is 0 Å². The van der Waals surface area contributed by atoms with E-state index in [1.54, 1.807) is 24.3 Å². The number of carbonyl (C=O) groups excluding carboxylic acids is 3. The number of benzene rings is 2. The number of imide groups is 1. The summed E-state index contributed by atoms with van der Waals surface area (Å²) in [6.07, 6.45) is 1.41. The van der Waals surface area contributed by atoms with Gasteiger partial charge in [0.05, 0.1) is 4.91 Å². The van der Waals surface area contributed by atoms with Crippen molar-refractivity contribution in [1.82, 2.24) is 4.90 Å². The minimum absolute atomic E-state index is 0.126. The number of thioether (sulfide) groups is 1. The van der Waals surface area contributed by atoms with Crippen molar-refractivity contribution < 1.29 is 24.6 Å². The van der Waals surface area contributed by atoms with E-state index < -0.39 is 23.6 Å². The van der Waals surface area contributed by atoms with Gasteiger partial charge < -0.3 is 15.5 Å². The number of amides is 3. The topological polar surface area (TPSA) is 107 Å². The Kier molecular flexibility index (Phi) is 5.52. The summed E-state index contributed by atoms with van der Waals surface area (Å²) < 4.78 is 0.858. The molecule has 9 heteroatoms. The second kappa shape index (κ2) is 7.85. The van der Waals surface area contributed by atoms with Crippen LogP contribution in [0.1, 0.15) is 5.56 Å². The molecule has 0 unspecified atom stereocenters. The van der Waals surface area contributed by atoms with Gasteiger partial charge in [-0.25, -0.2) is 0 Å². The van der Waals surface area contributed by atoms with E-state index in [4.69, 9.17) is 0 Å². The van der Waals surface area contributed by atoms with Crippen LogP contribution in [0.5, 0.6) is 11.5 Å². The largest absolute Gasteiger partial charge is 0.504 e. The third kappa shape index (κ3) is 4.50. The first-order valence-corrected chi connectivity index (χ1v) is 9.27. The van der Waals surface area contributed by atoms with Crippen molar-refractivity contribution in [3.05, 3.63) is 57.4 Å². The van der Waals surface area contributed by atoms with Crippen LogP contribution in [0.4, 0.5) is 10.5 Å². The molecule has 1 heterocycles. The molecule has 3 N–H and O–H groups in total. The number of rotatable bonds is 4. The molecule has 0 atom stereocenters. The Hall–Kier alpha value is -2.78. The SMILES string of the molecule is O=C(CN1C(=O)S/C(=C/c2ccc(O)c(O)c2)C1=O)Nc1ccc(Br)cc1. The number of phenolic OH excluding ortho intramolecular Hbond substituents is 2. The predicted molar refractivity (Wildman–Crippen MR) is 105 cm³/mol. The number of nitrogens with one attached hydrogen (secondary N) is 1. The summed E-state index contributed by atoms with van der Waals surface area (Å²) in [5.41, 5.74) is 0.986. The molecule has 0 radical (unpaired) electrons. The van der Waals surface area contributed by atoms with Gasteiger partial charge in [-0.05, 0) is 59.8 Å². The van der Waals surface area contributed by atoms with E-state index in [0.29, 0.717) is 23.0 Å². The molecule has 3 amide bonds. The van der Waals surface area contributed by atoms with Crippen LogP contribution in [0.3, 0.4) is 0 Å². The molecular formula is C18H13BrN2O5S. The first kappa shape index (κ1) is 19.0. The van der Waals surface area contributed by atoms with Gasteiger partial charge in [-0.1, -0.05) is 22.0 Å². The average Bonchev–Trinajstić information content (AvgIpc) is 2.87. The Bertz CT molecular complexity index is 959. The Morgan fingerprint density at radius 3 is 2.48 bits per heavy atom. The summed E-state index contributed by atoms with van der Waals surface area (Å²) in [6.45, 7) is -0.404. The number of aromatic hydroxyl groups is 2. The number of carbonyl (C=O) groups is 3. The summed E-state index contributed by atoms with van der Waals surface area (Å²) >= 11 is 4.00. The first-order chi connectivity index (χ1) is 12.8. The molecule has 0 spiro atoms. The Morgan fingerprint density at radius 1 is 1.11 bits per heavy atom. The lowest BCUT2D eigenvalue weighted by molar-refractivity contribution is -0.127. The van der Waals surface area contributed by atoms with Crippen LogP contribution in [0.15, 0.2) is 51.8 Å². The lowest BCUT2D eigenvalue weighted by Crippen LogP contribution is -2.36. The summed E-state index contributed by atoms with van der Waals surface area (Å²) in [7, 11) is 0. The molecule has 2 aromatic carbocycles. The zero-order valence-corrected chi connectivity index (χ0v) is 16.1. The van der Waals surface area contributed by atoms with E-state index in [1.807, 2.05) is 0 Å². The van der Waals surface area contributed by atoms with E-state index in [9.17, 15) is 24.6 Å². The highest BCUT2D eigenvalue weighted by atomic mass is 79.9. The Balaban J connectivity index is 1.70. The quantitative estimate of drug-likeness (QED) is 0.487. The highest BCUT2D eigenvalue weighted by Gasteiger charge is 2.36. The van der Waals surface area contributed by atoms with Gasteiger partial charge in [0.2, 0.25) is 5.91 Å². The smallest absolute Gasteiger partial charge is 0.294 e. The van der Waals surface area contributed by atoms with Crippen molar-refractivity contribution in [3.63, 3.8) is 0 Å². The van der Waals surface area contributed by atoms with Gasteiger partial charge in [-0.15, -0.1) is 0 Å². The number of nitrogens with zero attached hydrogens (tertiary/aromatic N) is 1. The molecular weight excluding hydrogens is 436 g/mol. The van der Waals surface area contributed by atoms with Gasteiger partial charge in [0.15, 0.2) is 11.5 Å². The first-order valence-electron chi connectivity index (χ1n) is 7.66. The molecule has 7 nitrogen and oxygen atoms in total. The summed E-state index contributed by atoms with van der Waals surface area (Å²) in [4.78, 5) is 37.6. The highest BCUT2D eigenvalue weighted by molar-refractivity contribution is 9.10. The van der Waals surface area contributed by atoms with E-state index in [-0.39, 0.29) is 16.4 Å². The Labute approximate surface area is 166 Å². The average molecular weight is 449 g/mol. The van der Waals surface area contributed by atoms with Crippen LogP contribution < -0.4 is 5.32 Å². The molecule has 0 aliphatic carbocycles. The van der Waals surface area contributed by atoms with Gasteiger partial charge in [0.25, 0.3) is 11.1 Å². The molecule has 2 aromatic rings. The fourth-order valence-corrected chi connectivity index (χ4v) is 3.40. The maximum absolute atomic E-state index is 12.4. The van der Waals surface area contributed by atoms with Crippen LogP contribution in [0, 0.1) is 0 Å². The second-order valence-corrected chi connectivity index (χ2v) is 7.48. The van der Waals surface area contributed by atoms with Crippen molar-refractivity contribution in [2.45, 2.75) is 0 Å². The Morgan fingerprint density at radius 2 is 1.81 bits per heavy atom. The minimum Gasteiger partial charge on any atom is -0.504 e. The molecule has 0 saturated carbocycles. The van der Waals surface area contributed by atoms with E-state index in [0.717, 1.165) is 9.37 Å². The lowest BCUT2D eigenvalue weighted by atomic mass is 10.2. The second-order valence-electron chi connectivity index (χ2n) is 5.57. The van der Waals surface area contributed by atoms with Gasteiger partial charge >= 0.3 is 0 Å². The molecule has 1 fully saturated rings. The molecule has 3 rings (SSSR count). The van der Waals surface area contributed by atoms with Crippen LogP contribution in [-0.4, -0.2) is 38.7 Å². The molecule has 1 aliphatic heterocycles. The standard InChI is InChI=1S/C18H13BrN2O5S/c19-11-2-4-12(5-3-11)20-16(24)9-21-17(25)15(27-18(21)26)8-10-1-6-13(22)14(23)7-10/h1-8,22-23H,9H2,(H,20,24)/b15-8+. The van der Waals surface area contributed by atoms with E-state index in [1.165, 1.54) is 24.3 Å². The number of phenols is 2. The summed E-state index contributed by atoms with van der Waals surface area (Å²) in [5.74, 6) is -1.71. The summed E-state index contributed by atoms with van der Waals surface area (Å²) in [6, 6.07) is 10.9. The minimum atomic E-state index is -0.594. The van der Waals surface area contributed by atoms with Crippen molar-refractivity contribution in [3.8, 4) is 11.5 Å². The van der Waals surface area contributed by atoms with Crippen LogP contribution >= 0.6 is 27.7 Å². The maximum Gasteiger partial charge on any atom is 0.294 e. The van der Waals surface area contributed by atoms with Gasteiger partial charge in [0, 0.05) is 10.2 Å². The maximum atomic E-state index is 12.4. The predicted octanol–water partition coefficient (Wildman–Crippen LogP) is 3.54. The molecule has 0 aromatic heterocycles. The van der Waals surface area contributed by atoms with Crippen molar-refractivity contribution in [2.75, 3.05) is 11.9 Å². The van der Waals surface area contributed by atoms with Crippen molar-refractivity contribution >= 4 is 56.5 Å². The van der Waals surface area contributed by atoms with Crippen molar-refractivity contribution in [2.24, 2.45) is 0 Å². The fraction of sp³-hybridized carbons (Fsp3) is 0.0556. The number of halogens is 1. The number of hydrogen-bond acceptors (Lipinski definition) is 6. The van der Waals surface area contributed by atoms with Crippen LogP contribution in [-0.2, 0) is 9.59 Å². The molecule has 27 heavy (non-hydrogen) atoms. The number of hydrogen-bond donors (Lipinski definition) is 3. The summed E-state index contributed by atoms with van der Waals surface area (Å²) in [5, 5.41) is 20.9. The third-order valence-electron chi connectivity index (χ3n) is 3.60. The van der Waals surface area contributed by atoms with Crippen LogP contribution in [0.2, 0.25) is 0 Å². The monoisotopic (exact) mass is 448 g/mol. The zero-order valence-electron chi connectivity index (χ0n) is 13.7. The molecule has 1 aliphatic rings. The molecule has 1 saturated heterocycles. The van der Waals surface area contributed by atoms with E-state index in [2.05, 4.69) is 21.2 Å². The van der Waals surface area contributed by atoms with Crippen LogP contribution in [0.25, 0.3) is 6.08 Å². The normalized spacial score (nSPS) is 15.4. The highest BCUT2D eigenvalue weighted by Crippen LogP contribution is 2.33. The zero-order chi connectivity index (χ0) is 19.6.